The number of benzene rings is 2. The van der Waals surface area contributed by atoms with Gasteiger partial charge in [0.25, 0.3) is 5.69 Å². The van der Waals surface area contributed by atoms with Crippen molar-refractivity contribution in [3.05, 3.63) is 64.2 Å². The maximum Gasteiger partial charge on any atom is 0.423 e. The zero-order chi connectivity index (χ0) is 25.7. The molecule has 8 nitrogen and oxygen atoms in total. The van der Waals surface area contributed by atoms with Crippen molar-refractivity contribution in [1.82, 2.24) is 10.2 Å². The number of hydrogen-bond donors (Lipinski definition) is 1. The van der Waals surface area contributed by atoms with Gasteiger partial charge >= 0.3 is 6.18 Å². The van der Waals surface area contributed by atoms with Crippen molar-refractivity contribution in [2.45, 2.75) is 31.5 Å². The Labute approximate surface area is 207 Å². The Kier molecular flexibility index (Phi) is 7.97. The number of alkyl halides is 3. The standard InChI is InChI=1S/C25H30F3N5O3/c26-25(27,28)22-18-21(6-7-23(22)33(35)36)31-12-8-19(9-13-31)29-24(34)10-11-30-14-16-32(17-15-30)20-4-2-1-3-5-20/h1-7,18-19H,8-17H2,(H,29,34). The molecular formula is C25H30F3N5O3. The minimum atomic E-state index is -4.81. The quantitative estimate of drug-likeness (QED) is 0.454. The summed E-state index contributed by atoms with van der Waals surface area (Å²) in [7, 11) is 0. The summed E-state index contributed by atoms with van der Waals surface area (Å²) in [6.07, 6.45) is -3.21. The van der Waals surface area contributed by atoms with E-state index in [4.69, 9.17) is 0 Å². The largest absolute Gasteiger partial charge is 0.423 e. The average Bonchev–Trinajstić information content (AvgIpc) is 2.88. The summed E-state index contributed by atoms with van der Waals surface area (Å²) >= 11 is 0. The monoisotopic (exact) mass is 505 g/mol. The van der Waals surface area contributed by atoms with E-state index in [0.717, 1.165) is 38.3 Å². The topological polar surface area (TPSA) is 82.0 Å². The highest BCUT2D eigenvalue weighted by molar-refractivity contribution is 5.76. The van der Waals surface area contributed by atoms with Crippen molar-refractivity contribution in [2.75, 3.05) is 55.6 Å². The maximum atomic E-state index is 13.3. The Balaban J connectivity index is 1.20. The molecule has 194 valence electrons. The van der Waals surface area contributed by atoms with Gasteiger partial charge in [0.2, 0.25) is 5.91 Å². The fourth-order valence-electron chi connectivity index (χ4n) is 4.82. The number of amides is 1. The van der Waals surface area contributed by atoms with Crippen LogP contribution >= 0.6 is 0 Å². The molecule has 0 radical (unpaired) electrons. The van der Waals surface area contributed by atoms with Gasteiger partial charge in [-0.15, -0.1) is 0 Å². The van der Waals surface area contributed by atoms with Crippen LogP contribution in [0.5, 0.6) is 0 Å². The van der Waals surface area contributed by atoms with Crippen LogP contribution < -0.4 is 15.1 Å². The average molecular weight is 506 g/mol. The van der Waals surface area contributed by atoms with Gasteiger partial charge in [-0.05, 0) is 37.1 Å². The van der Waals surface area contributed by atoms with Crippen LogP contribution in [-0.2, 0) is 11.0 Å². The molecule has 0 bridgehead atoms. The van der Waals surface area contributed by atoms with E-state index in [-0.39, 0.29) is 11.9 Å². The van der Waals surface area contributed by atoms with Crippen molar-refractivity contribution < 1.29 is 22.9 Å². The highest BCUT2D eigenvalue weighted by Gasteiger charge is 2.39. The molecule has 2 saturated heterocycles. The van der Waals surface area contributed by atoms with Crippen molar-refractivity contribution in [1.29, 1.82) is 0 Å². The van der Waals surface area contributed by atoms with Crippen LogP contribution in [0.2, 0.25) is 0 Å². The summed E-state index contributed by atoms with van der Waals surface area (Å²) < 4.78 is 39.9. The SMILES string of the molecule is O=C(CCN1CCN(c2ccccc2)CC1)NC1CCN(c2ccc([N+](=O)[O-])c(C(F)(F)F)c2)CC1. The Morgan fingerprint density at radius 3 is 2.19 bits per heavy atom. The number of nitro benzene ring substituents is 1. The third-order valence-corrected chi connectivity index (χ3v) is 6.86. The number of nitrogens with zero attached hydrogens (tertiary/aromatic N) is 4. The third-order valence-electron chi connectivity index (χ3n) is 6.86. The molecule has 1 N–H and O–H groups in total. The molecule has 0 atom stereocenters. The molecule has 2 aliphatic heterocycles. The number of piperazine rings is 1. The Morgan fingerprint density at radius 1 is 0.944 bits per heavy atom. The van der Waals surface area contributed by atoms with Gasteiger partial charge in [-0.1, -0.05) is 18.2 Å². The van der Waals surface area contributed by atoms with Gasteiger partial charge in [-0.3, -0.25) is 19.8 Å². The highest BCUT2D eigenvalue weighted by atomic mass is 19.4. The van der Waals surface area contributed by atoms with Gasteiger partial charge in [0.05, 0.1) is 4.92 Å². The van der Waals surface area contributed by atoms with E-state index < -0.39 is 22.4 Å². The second-order valence-electron chi connectivity index (χ2n) is 9.20. The number of anilines is 2. The smallest absolute Gasteiger partial charge is 0.371 e. The van der Waals surface area contributed by atoms with Crippen LogP contribution in [0, 0.1) is 10.1 Å². The second-order valence-corrected chi connectivity index (χ2v) is 9.20. The van der Waals surface area contributed by atoms with Crippen LogP contribution in [0.25, 0.3) is 0 Å². The number of nitrogens with one attached hydrogen (secondary N) is 1. The summed E-state index contributed by atoms with van der Waals surface area (Å²) in [5.41, 5.74) is -0.683. The first-order chi connectivity index (χ1) is 17.2. The molecule has 2 aromatic carbocycles. The predicted molar refractivity (Wildman–Crippen MR) is 131 cm³/mol. The predicted octanol–water partition coefficient (Wildman–Crippen LogP) is 3.91. The van der Waals surface area contributed by atoms with E-state index in [1.165, 1.54) is 11.8 Å². The van der Waals surface area contributed by atoms with E-state index in [0.29, 0.717) is 44.6 Å². The first-order valence-corrected chi connectivity index (χ1v) is 12.1. The van der Waals surface area contributed by atoms with Gasteiger partial charge in [0.1, 0.15) is 5.56 Å². The van der Waals surface area contributed by atoms with Crippen LogP contribution in [-0.4, -0.2) is 67.6 Å². The highest BCUT2D eigenvalue weighted by Crippen LogP contribution is 2.38. The van der Waals surface area contributed by atoms with Gasteiger partial charge in [-0.2, -0.15) is 13.2 Å². The lowest BCUT2D eigenvalue weighted by Gasteiger charge is -2.36. The molecule has 2 aliphatic rings. The van der Waals surface area contributed by atoms with Crippen LogP contribution in [0.4, 0.5) is 30.2 Å². The Hall–Kier alpha value is -3.34. The lowest BCUT2D eigenvalue weighted by Crippen LogP contribution is -2.48. The summed E-state index contributed by atoms with van der Waals surface area (Å²) in [5, 5.41) is 14.0. The molecule has 2 aromatic rings. The molecular weight excluding hydrogens is 475 g/mol. The van der Waals surface area contributed by atoms with Crippen LogP contribution in [0.15, 0.2) is 48.5 Å². The van der Waals surface area contributed by atoms with Gasteiger partial charge in [0, 0.05) is 75.7 Å². The normalized spacial score (nSPS) is 17.8. The van der Waals surface area contributed by atoms with E-state index in [1.54, 1.807) is 4.90 Å². The molecule has 0 unspecified atom stereocenters. The molecule has 0 aromatic heterocycles. The van der Waals surface area contributed by atoms with Crippen molar-refractivity contribution in [3.63, 3.8) is 0 Å². The van der Waals surface area contributed by atoms with Crippen LogP contribution in [0.3, 0.4) is 0 Å². The summed E-state index contributed by atoms with van der Waals surface area (Å²) in [4.78, 5) is 28.9. The Morgan fingerprint density at radius 2 is 1.58 bits per heavy atom. The molecule has 2 heterocycles. The lowest BCUT2D eigenvalue weighted by molar-refractivity contribution is -0.388. The van der Waals surface area contributed by atoms with Crippen molar-refractivity contribution in [3.8, 4) is 0 Å². The van der Waals surface area contributed by atoms with E-state index in [2.05, 4.69) is 27.2 Å². The van der Waals surface area contributed by atoms with E-state index in [1.807, 2.05) is 18.2 Å². The molecule has 2 fully saturated rings. The number of halogens is 3. The van der Waals surface area contributed by atoms with Crippen molar-refractivity contribution in [2.24, 2.45) is 0 Å². The summed E-state index contributed by atoms with van der Waals surface area (Å²) in [6, 6.07) is 13.3. The number of piperidine rings is 1. The molecule has 36 heavy (non-hydrogen) atoms. The minimum Gasteiger partial charge on any atom is -0.371 e. The van der Waals surface area contributed by atoms with E-state index >= 15 is 0 Å². The molecule has 0 saturated carbocycles. The summed E-state index contributed by atoms with van der Waals surface area (Å²) in [5.74, 6) is -0.0198. The van der Waals surface area contributed by atoms with Gasteiger partial charge in [-0.25, -0.2) is 0 Å². The third kappa shape index (κ3) is 6.45. The fraction of sp³-hybridized carbons (Fsp3) is 0.480. The first kappa shape index (κ1) is 25.7. The Bertz CT molecular complexity index is 1050. The number of hydrogen-bond acceptors (Lipinski definition) is 6. The molecule has 4 rings (SSSR count). The van der Waals surface area contributed by atoms with Crippen LogP contribution in [0.1, 0.15) is 24.8 Å². The molecule has 0 aliphatic carbocycles. The number of para-hydroxylation sites is 1. The van der Waals surface area contributed by atoms with E-state index in [9.17, 15) is 28.1 Å². The summed E-state index contributed by atoms with van der Waals surface area (Å²) in [6.45, 7) is 5.25. The molecule has 0 spiro atoms. The zero-order valence-electron chi connectivity index (χ0n) is 19.9. The zero-order valence-corrected chi connectivity index (χ0v) is 19.9. The number of carbonyl (C=O) groups is 1. The van der Waals surface area contributed by atoms with Crippen molar-refractivity contribution >= 4 is 23.0 Å². The van der Waals surface area contributed by atoms with Gasteiger partial charge < -0.3 is 15.1 Å². The lowest BCUT2D eigenvalue weighted by atomic mass is 10.0. The minimum absolute atomic E-state index is 0.0198. The number of rotatable bonds is 7. The second kappa shape index (κ2) is 11.2. The first-order valence-electron chi connectivity index (χ1n) is 12.1. The number of nitro groups is 1. The molecule has 1 amide bonds. The maximum absolute atomic E-state index is 13.3. The number of carbonyl (C=O) groups excluding carboxylic acids is 1. The molecule has 11 heteroatoms. The van der Waals surface area contributed by atoms with Gasteiger partial charge in [0.15, 0.2) is 0 Å². The fourth-order valence-corrected chi connectivity index (χ4v) is 4.82.